The first-order valence-corrected chi connectivity index (χ1v) is 10.9. The third kappa shape index (κ3) is 5.47. The number of rotatable bonds is 4. The third-order valence-electron chi connectivity index (χ3n) is 5.09. The van der Waals surface area contributed by atoms with Gasteiger partial charge < -0.3 is 10.6 Å². The molecule has 30 heavy (non-hydrogen) atoms. The van der Waals surface area contributed by atoms with Gasteiger partial charge in [-0.25, -0.2) is 0 Å². The van der Waals surface area contributed by atoms with Crippen LogP contribution < -0.4 is 10.6 Å². The fourth-order valence-corrected chi connectivity index (χ4v) is 3.29. The molecule has 2 aromatic rings. The molecule has 0 bridgehead atoms. The standard InChI is InChI=1S/C26H32N4/c1-5-19-17-20(6-2)28-25-15-11-12-16-26(25)30-22(8-4)18-21(7-3)29-24-14-10-9-13-23(24)27-19/h9-18,27,30H,5-8H2,1-4H3. The lowest BCUT2D eigenvalue weighted by molar-refractivity contribution is 1.10. The van der Waals surface area contributed by atoms with Gasteiger partial charge in [0.15, 0.2) is 0 Å². The SMILES string of the molecule is CCC1=CC(CC)=Nc2ccccc2NC(CC)=CC(CC)=Nc2ccccc2N1. The first-order chi connectivity index (χ1) is 14.7. The van der Waals surface area contributed by atoms with E-state index in [-0.39, 0.29) is 0 Å². The summed E-state index contributed by atoms with van der Waals surface area (Å²) in [5, 5.41) is 7.19. The Balaban J connectivity index is 2.21. The molecule has 1 heterocycles. The second-order valence-corrected chi connectivity index (χ2v) is 7.24. The van der Waals surface area contributed by atoms with Crippen LogP contribution >= 0.6 is 0 Å². The molecule has 0 radical (unpaired) electrons. The molecule has 0 aliphatic carbocycles. The summed E-state index contributed by atoms with van der Waals surface area (Å²) in [6.07, 6.45) is 7.82. The van der Waals surface area contributed by atoms with Crippen molar-refractivity contribution >= 4 is 34.2 Å². The first kappa shape index (κ1) is 21.6. The molecule has 0 saturated heterocycles. The molecule has 1 aliphatic heterocycles. The number of anilines is 2. The number of nitrogens with zero attached hydrogens (tertiary/aromatic N) is 2. The van der Waals surface area contributed by atoms with Crippen molar-refractivity contribution in [3.8, 4) is 0 Å². The maximum absolute atomic E-state index is 4.99. The average Bonchev–Trinajstić information content (AvgIpc) is 2.78. The maximum atomic E-state index is 4.99. The summed E-state index contributed by atoms with van der Waals surface area (Å²) < 4.78 is 0. The van der Waals surface area contributed by atoms with Crippen LogP contribution in [0.25, 0.3) is 0 Å². The van der Waals surface area contributed by atoms with Crippen molar-refractivity contribution in [3.63, 3.8) is 0 Å². The van der Waals surface area contributed by atoms with Crippen LogP contribution in [-0.4, -0.2) is 11.4 Å². The number of benzene rings is 2. The van der Waals surface area contributed by atoms with Gasteiger partial charge in [0.05, 0.1) is 22.7 Å². The molecule has 3 rings (SSSR count). The van der Waals surface area contributed by atoms with Gasteiger partial charge in [0.25, 0.3) is 0 Å². The predicted octanol–water partition coefficient (Wildman–Crippen LogP) is 7.78. The highest BCUT2D eigenvalue weighted by Crippen LogP contribution is 2.30. The van der Waals surface area contributed by atoms with Crippen LogP contribution in [0.15, 0.2) is 82.1 Å². The van der Waals surface area contributed by atoms with Crippen molar-refractivity contribution in [1.29, 1.82) is 0 Å². The molecule has 0 saturated carbocycles. The molecule has 0 spiro atoms. The molecule has 0 unspecified atom stereocenters. The van der Waals surface area contributed by atoms with Gasteiger partial charge in [0, 0.05) is 22.8 Å². The Morgan fingerprint density at radius 1 is 0.567 bits per heavy atom. The molecular weight excluding hydrogens is 368 g/mol. The number of aliphatic imine (C=N–C) groups is 2. The largest absolute Gasteiger partial charge is 0.357 e. The normalized spacial score (nSPS) is 14.5. The summed E-state index contributed by atoms with van der Waals surface area (Å²) in [6, 6.07) is 16.5. The van der Waals surface area contributed by atoms with Crippen LogP contribution in [0.1, 0.15) is 53.4 Å². The van der Waals surface area contributed by atoms with E-state index in [1.165, 1.54) is 0 Å². The molecule has 0 fully saturated rings. The zero-order chi connectivity index (χ0) is 21.3. The van der Waals surface area contributed by atoms with E-state index >= 15 is 0 Å². The summed E-state index contributed by atoms with van der Waals surface area (Å²) in [6.45, 7) is 8.60. The van der Waals surface area contributed by atoms with Gasteiger partial charge in [-0.3, -0.25) is 9.98 Å². The Morgan fingerprint density at radius 2 is 0.967 bits per heavy atom. The van der Waals surface area contributed by atoms with Crippen molar-refractivity contribution < 1.29 is 0 Å². The van der Waals surface area contributed by atoms with Crippen LogP contribution in [-0.2, 0) is 0 Å². The van der Waals surface area contributed by atoms with Gasteiger partial charge in [-0.15, -0.1) is 0 Å². The lowest BCUT2D eigenvalue weighted by atomic mass is 10.1. The molecular formula is C26H32N4. The van der Waals surface area contributed by atoms with Gasteiger partial charge in [0.2, 0.25) is 0 Å². The Labute approximate surface area is 180 Å². The number of allylic oxidation sites excluding steroid dienone is 4. The maximum Gasteiger partial charge on any atom is 0.0867 e. The van der Waals surface area contributed by atoms with Crippen molar-refractivity contribution in [3.05, 3.63) is 72.1 Å². The Hall–Kier alpha value is -3.14. The molecule has 156 valence electrons. The summed E-state index contributed by atoms with van der Waals surface area (Å²) in [5.74, 6) is 0. The van der Waals surface area contributed by atoms with Gasteiger partial charge in [-0.1, -0.05) is 52.0 Å². The molecule has 0 aromatic heterocycles. The average molecular weight is 401 g/mol. The highest BCUT2D eigenvalue weighted by molar-refractivity contribution is 6.00. The predicted molar refractivity (Wildman–Crippen MR) is 132 cm³/mol. The lowest BCUT2D eigenvalue weighted by Gasteiger charge is -2.16. The number of fused-ring (bicyclic) bond motifs is 2. The number of hydrogen-bond acceptors (Lipinski definition) is 4. The topological polar surface area (TPSA) is 48.8 Å². The molecule has 2 aromatic carbocycles. The fraction of sp³-hybridized carbons (Fsp3) is 0.308. The summed E-state index contributed by atoms with van der Waals surface area (Å²) >= 11 is 0. The van der Waals surface area contributed by atoms with Crippen LogP contribution in [0.3, 0.4) is 0 Å². The summed E-state index contributed by atoms with van der Waals surface area (Å²) in [4.78, 5) is 9.98. The highest BCUT2D eigenvalue weighted by atomic mass is 14.9. The first-order valence-electron chi connectivity index (χ1n) is 10.9. The molecule has 0 amide bonds. The minimum Gasteiger partial charge on any atom is -0.357 e. The van der Waals surface area contributed by atoms with E-state index < -0.39 is 0 Å². The Morgan fingerprint density at radius 3 is 1.33 bits per heavy atom. The fourth-order valence-electron chi connectivity index (χ4n) is 3.29. The van der Waals surface area contributed by atoms with Crippen LogP contribution in [0.2, 0.25) is 0 Å². The van der Waals surface area contributed by atoms with Crippen LogP contribution in [0, 0.1) is 0 Å². The van der Waals surface area contributed by atoms with E-state index in [0.29, 0.717) is 0 Å². The monoisotopic (exact) mass is 400 g/mol. The lowest BCUT2D eigenvalue weighted by Crippen LogP contribution is -2.06. The zero-order valence-electron chi connectivity index (χ0n) is 18.5. The third-order valence-corrected chi connectivity index (χ3v) is 5.09. The highest BCUT2D eigenvalue weighted by Gasteiger charge is 2.08. The molecule has 2 N–H and O–H groups in total. The minimum absolute atomic E-state index is 0.857. The molecule has 4 nitrogen and oxygen atoms in total. The number of para-hydroxylation sites is 4. The van der Waals surface area contributed by atoms with Crippen LogP contribution in [0.4, 0.5) is 22.7 Å². The van der Waals surface area contributed by atoms with Gasteiger partial charge in [0.1, 0.15) is 0 Å². The van der Waals surface area contributed by atoms with Crippen molar-refractivity contribution in [2.45, 2.75) is 53.4 Å². The van der Waals surface area contributed by atoms with E-state index in [4.69, 9.17) is 9.98 Å². The second-order valence-electron chi connectivity index (χ2n) is 7.24. The van der Waals surface area contributed by atoms with E-state index in [1.54, 1.807) is 0 Å². The van der Waals surface area contributed by atoms with E-state index in [9.17, 15) is 0 Å². The summed E-state index contributed by atoms with van der Waals surface area (Å²) in [7, 11) is 0. The number of hydrogen-bond donors (Lipinski definition) is 2. The van der Waals surface area contributed by atoms with Gasteiger partial charge >= 0.3 is 0 Å². The zero-order valence-corrected chi connectivity index (χ0v) is 18.5. The molecule has 4 heteroatoms. The van der Waals surface area contributed by atoms with Crippen molar-refractivity contribution in [2.75, 3.05) is 10.6 Å². The van der Waals surface area contributed by atoms with E-state index in [0.717, 1.165) is 71.3 Å². The van der Waals surface area contributed by atoms with Crippen molar-refractivity contribution in [1.82, 2.24) is 0 Å². The van der Waals surface area contributed by atoms with E-state index in [1.807, 2.05) is 24.3 Å². The Kier molecular flexibility index (Phi) is 7.61. The quantitative estimate of drug-likeness (QED) is 0.550. The minimum atomic E-state index is 0.857. The van der Waals surface area contributed by atoms with Gasteiger partial charge in [-0.05, 0) is 62.1 Å². The van der Waals surface area contributed by atoms with Crippen LogP contribution in [0.5, 0.6) is 0 Å². The smallest absolute Gasteiger partial charge is 0.0867 e. The Bertz CT molecular complexity index is 914. The van der Waals surface area contributed by atoms with Gasteiger partial charge in [-0.2, -0.15) is 0 Å². The van der Waals surface area contributed by atoms with E-state index in [2.05, 4.69) is 74.7 Å². The summed E-state index contributed by atoms with van der Waals surface area (Å²) in [5.41, 5.74) is 8.28. The second kappa shape index (κ2) is 10.6. The molecule has 0 atom stereocenters. The molecule has 1 aliphatic rings. The number of nitrogens with one attached hydrogen (secondary N) is 2. The van der Waals surface area contributed by atoms with Crippen molar-refractivity contribution in [2.24, 2.45) is 9.98 Å².